The van der Waals surface area contributed by atoms with Gasteiger partial charge in [0, 0.05) is 5.92 Å². The number of hydrogen-bond donors (Lipinski definition) is 1. The zero-order valence-electron chi connectivity index (χ0n) is 17.2. The molecule has 1 saturated heterocycles. The number of aliphatic hydroxyl groups excluding tert-OH is 1. The molecule has 5 atom stereocenters. The normalized spacial score (nSPS) is 25.7. The van der Waals surface area contributed by atoms with E-state index >= 15 is 0 Å². The summed E-state index contributed by atoms with van der Waals surface area (Å²) in [5, 5.41) is 10.7. The molecule has 146 valence electrons. The first-order valence-electron chi connectivity index (χ1n) is 9.57. The molecule has 1 aliphatic heterocycles. The van der Waals surface area contributed by atoms with Crippen molar-refractivity contribution in [2.45, 2.75) is 85.7 Å². The van der Waals surface area contributed by atoms with Crippen LogP contribution in [-0.2, 0) is 14.3 Å². The largest absolute Gasteiger partial charge is 0.392 e. The first-order chi connectivity index (χ1) is 11.4. The molecule has 4 nitrogen and oxygen atoms in total. The van der Waals surface area contributed by atoms with Gasteiger partial charge in [-0.15, -0.1) is 6.58 Å². The van der Waals surface area contributed by atoms with Gasteiger partial charge in [-0.05, 0) is 44.9 Å². The summed E-state index contributed by atoms with van der Waals surface area (Å²) in [7, 11) is 0. The predicted octanol–water partition coefficient (Wildman–Crippen LogP) is 4.36. The van der Waals surface area contributed by atoms with E-state index in [0.29, 0.717) is 18.9 Å². The Balaban J connectivity index is 2.76. The third-order valence-electron chi connectivity index (χ3n) is 5.55. The lowest BCUT2D eigenvalue weighted by Crippen LogP contribution is -2.51. The summed E-state index contributed by atoms with van der Waals surface area (Å²) in [6.45, 7) is 18.0. The van der Waals surface area contributed by atoms with Gasteiger partial charge < -0.3 is 14.6 Å². The van der Waals surface area contributed by atoms with E-state index in [-0.39, 0.29) is 17.8 Å². The highest BCUT2D eigenvalue weighted by molar-refractivity contribution is 5.87. The predicted molar refractivity (Wildman–Crippen MR) is 101 cm³/mol. The molecule has 1 heterocycles. The summed E-state index contributed by atoms with van der Waals surface area (Å²) >= 11 is 0. The molecule has 0 aromatic heterocycles. The van der Waals surface area contributed by atoms with Crippen molar-refractivity contribution in [2.75, 3.05) is 6.61 Å². The fraction of sp³-hybridized carbons (Fsp3) is 0.857. The molecule has 0 spiro atoms. The maximum absolute atomic E-state index is 13.1. The van der Waals surface area contributed by atoms with Crippen molar-refractivity contribution in [1.29, 1.82) is 0 Å². The summed E-state index contributed by atoms with van der Waals surface area (Å²) in [4.78, 5) is 13.1. The van der Waals surface area contributed by atoms with Gasteiger partial charge in [0.1, 0.15) is 5.78 Å². The molecular formula is C21H38O4. The zero-order valence-corrected chi connectivity index (χ0v) is 17.2. The van der Waals surface area contributed by atoms with Crippen LogP contribution in [0.3, 0.4) is 0 Å². The quantitative estimate of drug-likeness (QED) is 0.625. The summed E-state index contributed by atoms with van der Waals surface area (Å²) in [5.41, 5.74) is -0.659. The highest BCUT2D eigenvalue weighted by Gasteiger charge is 2.46. The van der Waals surface area contributed by atoms with Crippen molar-refractivity contribution in [2.24, 2.45) is 23.2 Å². The maximum atomic E-state index is 13.1. The van der Waals surface area contributed by atoms with Crippen LogP contribution in [0.2, 0.25) is 0 Å². The van der Waals surface area contributed by atoms with E-state index in [1.807, 2.05) is 47.6 Å². The molecule has 1 aliphatic rings. The minimum Gasteiger partial charge on any atom is -0.392 e. The minimum atomic E-state index is -0.671. The Labute approximate surface area is 154 Å². The Morgan fingerprint density at radius 1 is 1.36 bits per heavy atom. The minimum absolute atomic E-state index is 0.0610. The Kier molecular flexibility index (Phi) is 7.85. The van der Waals surface area contributed by atoms with Crippen LogP contribution in [0.5, 0.6) is 0 Å². The summed E-state index contributed by atoms with van der Waals surface area (Å²) in [6.07, 6.45) is 3.56. The highest BCUT2D eigenvalue weighted by Crippen LogP contribution is 2.37. The number of ether oxygens (including phenoxy) is 2. The van der Waals surface area contributed by atoms with Gasteiger partial charge in [-0.2, -0.15) is 0 Å². The van der Waals surface area contributed by atoms with Gasteiger partial charge in [0.25, 0.3) is 0 Å². The molecule has 1 N–H and O–H groups in total. The molecule has 0 bridgehead atoms. The Bertz CT molecular complexity index is 455. The number of hydrogen-bond acceptors (Lipinski definition) is 4. The highest BCUT2D eigenvalue weighted by atomic mass is 16.7. The average Bonchev–Trinajstić information content (AvgIpc) is 2.51. The lowest BCUT2D eigenvalue weighted by molar-refractivity contribution is -0.289. The van der Waals surface area contributed by atoms with Crippen LogP contribution in [0.25, 0.3) is 0 Å². The number of allylic oxidation sites excluding steroid dienone is 1. The lowest BCUT2D eigenvalue weighted by atomic mass is 9.72. The van der Waals surface area contributed by atoms with Crippen LogP contribution >= 0.6 is 0 Å². The van der Waals surface area contributed by atoms with Crippen LogP contribution in [-0.4, -0.2) is 35.5 Å². The van der Waals surface area contributed by atoms with Crippen molar-refractivity contribution in [3.8, 4) is 0 Å². The lowest BCUT2D eigenvalue weighted by Gasteiger charge is -2.44. The van der Waals surface area contributed by atoms with Crippen molar-refractivity contribution >= 4 is 5.78 Å². The molecule has 0 amide bonds. The molecule has 0 aliphatic carbocycles. The SMILES string of the molecule is C=CC[C@H](C)C[C@H](C)[C@H](O)[C@@H](C)C(=O)C(C)(C)[C@@H]1CCOC(C)(C)O1. The molecule has 1 fully saturated rings. The van der Waals surface area contributed by atoms with Crippen LogP contribution in [0.1, 0.15) is 67.7 Å². The number of ketones is 1. The van der Waals surface area contributed by atoms with Gasteiger partial charge in [-0.25, -0.2) is 0 Å². The Morgan fingerprint density at radius 3 is 2.48 bits per heavy atom. The fourth-order valence-corrected chi connectivity index (χ4v) is 3.90. The number of rotatable bonds is 9. The van der Waals surface area contributed by atoms with Crippen molar-refractivity contribution in [1.82, 2.24) is 0 Å². The van der Waals surface area contributed by atoms with E-state index in [9.17, 15) is 9.90 Å². The van der Waals surface area contributed by atoms with Crippen molar-refractivity contribution < 1.29 is 19.4 Å². The van der Waals surface area contributed by atoms with E-state index in [0.717, 1.165) is 12.8 Å². The molecule has 0 saturated carbocycles. The topological polar surface area (TPSA) is 55.8 Å². The summed E-state index contributed by atoms with van der Waals surface area (Å²) < 4.78 is 11.6. The smallest absolute Gasteiger partial charge is 0.163 e. The first-order valence-corrected chi connectivity index (χ1v) is 9.57. The van der Waals surface area contributed by atoms with E-state index in [2.05, 4.69) is 13.5 Å². The Hall–Kier alpha value is -0.710. The van der Waals surface area contributed by atoms with Gasteiger partial charge in [-0.3, -0.25) is 4.79 Å². The van der Waals surface area contributed by atoms with Crippen LogP contribution in [0, 0.1) is 23.2 Å². The van der Waals surface area contributed by atoms with Gasteiger partial charge in [-0.1, -0.05) is 40.7 Å². The number of aliphatic hydroxyl groups is 1. The van der Waals surface area contributed by atoms with E-state index in [1.165, 1.54) is 0 Å². The van der Waals surface area contributed by atoms with Gasteiger partial charge in [0.05, 0.1) is 24.2 Å². The summed E-state index contributed by atoms with van der Waals surface area (Å²) in [6, 6.07) is 0. The second-order valence-corrected chi connectivity index (χ2v) is 8.85. The molecule has 0 radical (unpaired) electrons. The first kappa shape index (κ1) is 22.3. The molecular weight excluding hydrogens is 316 g/mol. The van der Waals surface area contributed by atoms with E-state index < -0.39 is 23.2 Å². The molecule has 0 unspecified atom stereocenters. The molecule has 0 aromatic carbocycles. The molecule has 4 heteroatoms. The van der Waals surface area contributed by atoms with Crippen molar-refractivity contribution in [3.05, 3.63) is 12.7 Å². The average molecular weight is 355 g/mol. The second-order valence-electron chi connectivity index (χ2n) is 8.85. The van der Waals surface area contributed by atoms with E-state index in [4.69, 9.17) is 9.47 Å². The molecule has 0 aromatic rings. The second kappa shape index (κ2) is 8.79. The number of carbonyl (C=O) groups excluding carboxylic acids is 1. The van der Waals surface area contributed by atoms with Crippen molar-refractivity contribution in [3.63, 3.8) is 0 Å². The van der Waals surface area contributed by atoms with E-state index in [1.54, 1.807) is 0 Å². The van der Waals surface area contributed by atoms with Crippen LogP contribution < -0.4 is 0 Å². The number of Topliss-reactive ketones (excluding diaryl/α,β-unsaturated/α-hetero) is 1. The monoisotopic (exact) mass is 354 g/mol. The Morgan fingerprint density at radius 2 is 1.96 bits per heavy atom. The third-order valence-corrected chi connectivity index (χ3v) is 5.55. The van der Waals surface area contributed by atoms with Crippen LogP contribution in [0.15, 0.2) is 12.7 Å². The van der Waals surface area contributed by atoms with Crippen LogP contribution in [0.4, 0.5) is 0 Å². The number of carbonyl (C=O) groups is 1. The molecule has 1 rings (SSSR count). The van der Waals surface area contributed by atoms with Gasteiger partial charge in [0.15, 0.2) is 5.79 Å². The van der Waals surface area contributed by atoms with Gasteiger partial charge >= 0.3 is 0 Å². The zero-order chi connectivity index (χ0) is 19.4. The standard InChI is InChI=1S/C21H38O4/c1-9-10-14(2)13-15(3)18(22)16(4)19(23)20(5,6)17-11-12-24-21(7,8)25-17/h9,14-18,22H,1,10-13H2,2-8H3/t14-,15-,16+,17-,18-/m0/s1. The molecule has 25 heavy (non-hydrogen) atoms. The van der Waals surface area contributed by atoms with Gasteiger partial charge in [0.2, 0.25) is 0 Å². The summed E-state index contributed by atoms with van der Waals surface area (Å²) in [5.74, 6) is -0.509. The third kappa shape index (κ3) is 5.90. The fourth-order valence-electron chi connectivity index (χ4n) is 3.90. The maximum Gasteiger partial charge on any atom is 0.163 e.